The minimum atomic E-state index is 0.233. The summed E-state index contributed by atoms with van der Waals surface area (Å²) < 4.78 is 12.0. The maximum absolute atomic E-state index is 10.9. The molecule has 152 valence electrons. The van der Waals surface area contributed by atoms with Crippen molar-refractivity contribution in [2.45, 2.75) is 51.4 Å². The van der Waals surface area contributed by atoms with E-state index in [1.54, 1.807) is 0 Å². The summed E-state index contributed by atoms with van der Waals surface area (Å²) in [4.78, 5) is 10.9. The van der Waals surface area contributed by atoms with E-state index in [0.717, 1.165) is 55.6 Å². The second-order valence-corrected chi connectivity index (χ2v) is 8.40. The molecule has 4 nitrogen and oxygen atoms in total. The Kier molecular flexibility index (Phi) is 7.70. The smallest absolute Gasteiger partial charge is 0.128 e. The molecular formula is C24H33NO3. The summed E-state index contributed by atoms with van der Waals surface area (Å²) in [5.41, 5.74) is 0.759. The Labute approximate surface area is 168 Å². The highest BCUT2D eigenvalue weighted by molar-refractivity contribution is 5.82. The van der Waals surface area contributed by atoms with Crippen LogP contribution in [0.2, 0.25) is 0 Å². The van der Waals surface area contributed by atoms with Crippen molar-refractivity contribution in [3.8, 4) is 11.5 Å². The Morgan fingerprint density at radius 2 is 1.54 bits per heavy atom. The van der Waals surface area contributed by atoms with Crippen molar-refractivity contribution in [2.75, 3.05) is 13.2 Å². The molecule has 4 heteroatoms. The van der Waals surface area contributed by atoms with Gasteiger partial charge in [0.2, 0.25) is 0 Å². The molecule has 2 saturated carbocycles. The lowest BCUT2D eigenvalue weighted by molar-refractivity contribution is -0.112. The van der Waals surface area contributed by atoms with Crippen LogP contribution in [0.4, 0.5) is 0 Å². The molecule has 1 aromatic carbocycles. The van der Waals surface area contributed by atoms with E-state index in [9.17, 15) is 4.79 Å². The average molecular weight is 384 g/mol. The number of allylic oxidation sites excluding steroid dienone is 1. The average Bonchev–Trinajstić information content (AvgIpc) is 2.77. The van der Waals surface area contributed by atoms with E-state index >= 15 is 0 Å². The molecule has 3 rings (SSSR count). The minimum absolute atomic E-state index is 0.233. The molecule has 0 amide bonds. The predicted octanol–water partition coefficient (Wildman–Crippen LogP) is 5.44. The third kappa shape index (κ3) is 5.70. The zero-order chi connectivity index (χ0) is 19.8. The molecule has 28 heavy (non-hydrogen) atoms. The monoisotopic (exact) mass is 383 g/mol. The van der Waals surface area contributed by atoms with Crippen LogP contribution >= 0.6 is 0 Å². The van der Waals surface area contributed by atoms with Crippen LogP contribution in [0.25, 0.3) is 0 Å². The summed E-state index contributed by atoms with van der Waals surface area (Å²) in [5, 5.41) is 7.72. The number of carbonyl (C=O) groups excluding carboxylic acids is 1. The van der Waals surface area contributed by atoms with Crippen molar-refractivity contribution >= 4 is 12.5 Å². The summed E-state index contributed by atoms with van der Waals surface area (Å²) in [6, 6.07) is 5.77. The molecule has 0 heterocycles. The van der Waals surface area contributed by atoms with E-state index in [0.29, 0.717) is 24.4 Å². The molecule has 2 fully saturated rings. The van der Waals surface area contributed by atoms with Gasteiger partial charge in [-0.3, -0.25) is 0 Å². The predicted molar refractivity (Wildman–Crippen MR) is 112 cm³/mol. The lowest BCUT2D eigenvalue weighted by Crippen LogP contribution is -2.21. The van der Waals surface area contributed by atoms with Crippen molar-refractivity contribution in [3.63, 3.8) is 0 Å². The number of carbonyl (C=O) groups is 1. The van der Waals surface area contributed by atoms with Gasteiger partial charge in [-0.2, -0.15) is 0 Å². The number of hydrogen-bond acceptors (Lipinski definition) is 4. The van der Waals surface area contributed by atoms with Gasteiger partial charge in [0.1, 0.15) is 17.8 Å². The number of hydrogen-bond donors (Lipinski definition) is 1. The molecule has 2 aliphatic rings. The van der Waals surface area contributed by atoms with E-state index in [1.807, 2.05) is 18.2 Å². The topological polar surface area (TPSA) is 59.4 Å². The van der Waals surface area contributed by atoms with Gasteiger partial charge in [0.25, 0.3) is 0 Å². The lowest BCUT2D eigenvalue weighted by atomic mass is 9.82. The van der Waals surface area contributed by atoms with Crippen molar-refractivity contribution in [1.82, 2.24) is 0 Å². The van der Waals surface area contributed by atoms with Gasteiger partial charge in [-0.05, 0) is 87.3 Å². The maximum atomic E-state index is 10.9. The van der Waals surface area contributed by atoms with Crippen molar-refractivity contribution < 1.29 is 14.3 Å². The SMILES string of the molecule is C=CC1CCC(COc2ccc(OCC3CCC(C=O)CC3)c(C=N)c2)CC1. The van der Waals surface area contributed by atoms with Gasteiger partial charge in [0.15, 0.2) is 0 Å². The highest BCUT2D eigenvalue weighted by atomic mass is 16.5. The zero-order valence-corrected chi connectivity index (χ0v) is 16.8. The summed E-state index contributed by atoms with van der Waals surface area (Å²) in [5.74, 6) is 3.56. The standard InChI is InChI=1S/C24H33NO3/c1-2-18-3-7-20(8-4-18)16-27-23-11-12-24(22(13-23)14-25)28-17-21-9-5-19(15-26)6-10-21/h2,11-15,18-21,25H,1,3-10,16-17H2. The normalized spacial score (nSPS) is 27.6. The van der Waals surface area contributed by atoms with Crippen LogP contribution < -0.4 is 9.47 Å². The number of ether oxygens (including phenoxy) is 2. The molecule has 2 aliphatic carbocycles. The van der Waals surface area contributed by atoms with Crippen LogP contribution in [-0.4, -0.2) is 25.7 Å². The first-order chi connectivity index (χ1) is 13.7. The Balaban J connectivity index is 1.47. The number of aldehydes is 1. The van der Waals surface area contributed by atoms with E-state index in [4.69, 9.17) is 14.9 Å². The molecule has 0 atom stereocenters. The molecule has 0 aliphatic heterocycles. The van der Waals surface area contributed by atoms with E-state index < -0.39 is 0 Å². The molecular weight excluding hydrogens is 350 g/mol. The Morgan fingerprint density at radius 1 is 0.929 bits per heavy atom. The first-order valence-corrected chi connectivity index (χ1v) is 10.7. The molecule has 0 saturated heterocycles. The van der Waals surface area contributed by atoms with Gasteiger partial charge in [-0.15, -0.1) is 6.58 Å². The van der Waals surface area contributed by atoms with E-state index in [1.165, 1.54) is 31.9 Å². The van der Waals surface area contributed by atoms with Gasteiger partial charge in [0, 0.05) is 17.7 Å². The molecule has 1 N–H and O–H groups in total. The molecule has 0 aromatic heterocycles. The van der Waals surface area contributed by atoms with Crippen LogP contribution in [0.3, 0.4) is 0 Å². The van der Waals surface area contributed by atoms with Crippen LogP contribution in [0.5, 0.6) is 11.5 Å². The lowest BCUT2D eigenvalue weighted by Gasteiger charge is -2.26. The highest BCUT2D eigenvalue weighted by Crippen LogP contribution is 2.31. The first-order valence-electron chi connectivity index (χ1n) is 10.7. The summed E-state index contributed by atoms with van der Waals surface area (Å²) in [6.45, 7) is 5.29. The van der Waals surface area contributed by atoms with Gasteiger partial charge in [-0.25, -0.2) is 0 Å². The number of benzene rings is 1. The van der Waals surface area contributed by atoms with Gasteiger partial charge < -0.3 is 19.7 Å². The van der Waals surface area contributed by atoms with Gasteiger partial charge >= 0.3 is 0 Å². The fourth-order valence-corrected chi connectivity index (χ4v) is 4.36. The summed E-state index contributed by atoms with van der Waals surface area (Å²) >= 11 is 0. The van der Waals surface area contributed by atoms with Crippen molar-refractivity contribution in [3.05, 3.63) is 36.4 Å². The second-order valence-electron chi connectivity index (χ2n) is 8.40. The van der Waals surface area contributed by atoms with Crippen molar-refractivity contribution in [2.24, 2.45) is 23.7 Å². The Bertz CT molecular complexity index is 656. The molecule has 0 radical (unpaired) electrons. The molecule has 0 bridgehead atoms. The fourth-order valence-electron chi connectivity index (χ4n) is 4.36. The highest BCUT2D eigenvalue weighted by Gasteiger charge is 2.22. The third-order valence-corrected chi connectivity index (χ3v) is 6.41. The Hall–Kier alpha value is -2.10. The van der Waals surface area contributed by atoms with E-state index in [2.05, 4.69) is 12.7 Å². The quantitative estimate of drug-likeness (QED) is 0.351. The Morgan fingerprint density at radius 3 is 2.11 bits per heavy atom. The summed E-state index contributed by atoms with van der Waals surface area (Å²) in [7, 11) is 0. The summed E-state index contributed by atoms with van der Waals surface area (Å²) in [6.07, 6.45) is 13.3. The molecule has 0 spiro atoms. The van der Waals surface area contributed by atoms with E-state index in [-0.39, 0.29) is 5.92 Å². The second kappa shape index (κ2) is 10.4. The fraction of sp³-hybridized carbons (Fsp3) is 0.583. The van der Waals surface area contributed by atoms with Gasteiger partial charge in [-0.1, -0.05) is 6.08 Å². The molecule has 0 unspecified atom stereocenters. The minimum Gasteiger partial charge on any atom is -0.493 e. The largest absolute Gasteiger partial charge is 0.493 e. The molecule has 1 aromatic rings. The van der Waals surface area contributed by atoms with Crippen LogP contribution in [0.1, 0.15) is 56.9 Å². The van der Waals surface area contributed by atoms with Crippen LogP contribution in [0.15, 0.2) is 30.9 Å². The number of nitrogens with one attached hydrogen (secondary N) is 1. The number of rotatable bonds is 9. The third-order valence-electron chi connectivity index (χ3n) is 6.41. The zero-order valence-electron chi connectivity index (χ0n) is 16.8. The van der Waals surface area contributed by atoms with Crippen molar-refractivity contribution in [1.29, 1.82) is 5.41 Å². The van der Waals surface area contributed by atoms with Crippen LogP contribution in [0, 0.1) is 29.1 Å². The van der Waals surface area contributed by atoms with Crippen LogP contribution in [-0.2, 0) is 4.79 Å². The maximum Gasteiger partial charge on any atom is 0.128 e. The first kappa shape index (κ1) is 20.6. The van der Waals surface area contributed by atoms with Gasteiger partial charge in [0.05, 0.1) is 13.2 Å².